The lowest BCUT2D eigenvalue weighted by atomic mass is 9.94. The summed E-state index contributed by atoms with van der Waals surface area (Å²) in [6, 6.07) is 9.24. The second-order valence-electron chi connectivity index (χ2n) is 10.8. The van der Waals surface area contributed by atoms with E-state index in [1.807, 2.05) is 6.07 Å². The van der Waals surface area contributed by atoms with Gasteiger partial charge in [0.15, 0.2) is 5.82 Å². The molecule has 0 radical (unpaired) electrons. The largest absolute Gasteiger partial charge is 0.322 e. The molecule has 1 aromatic carbocycles. The lowest BCUT2D eigenvalue weighted by Crippen LogP contribution is -2.41. The third kappa shape index (κ3) is 4.67. The number of hydrogen-bond acceptors (Lipinski definition) is 5. The van der Waals surface area contributed by atoms with Gasteiger partial charge in [-0.05, 0) is 72.0 Å². The Morgan fingerprint density at radius 1 is 1.06 bits per heavy atom. The van der Waals surface area contributed by atoms with Crippen molar-refractivity contribution in [3.8, 4) is 0 Å². The minimum Gasteiger partial charge on any atom is -0.322 e. The van der Waals surface area contributed by atoms with Crippen LogP contribution in [0.1, 0.15) is 101 Å². The van der Waals surface area contributed by atoms with E-state index in [0.717, 1.165) is 40.7 Å². The minimum atomic E-state index is 0.00970. The molecule has 3 aromatic rings. The van der Waals surface area contributed by atoms with Crippen molar-refractivity contribution < 1.29 is 0 Å². The molecule has 1 atom stereocenters. The topological polar surface area (TPSA) is 79.7 Å². The van der Waals surface area contributed by atoms with E-state index in [4.69, 9.17) is 0 Å². The molecule has 7 nitrogen and oxygen atoms in total. The van der Waals surface area contributed by atoms with Gasteiger partial charge in [0, 0.05) is 23.7 Å². The zero-order chi connectivity index (χ0) is 23.7. The van der Waals surface area contributed by atoms with E-state index in [9.17, 15) is 4.79 Å². The van der Waals surface area contributed by atoms with Gasteiger partial charge in [-0.15, -0.1) is 5.10 Å². The molecule has 2 fully saturated rings. The summed E-state index contributed by atoms with van der Waals surface area (Å²) < 4.78 is 2.12. The smallest absolute Gasteiger partial charge is 0.252 e. The van der Waals surface area contributed by atoms with Gasteiger partial charge in [0.1, 0.15) is 0 Å². The maximum atomic E-state index is 13.2. The standard InChI is InChI=1S/C27H38N6O/c1-18(2)25(26-29-30-31-33(26)23-11-5-4-6-12-23)32(22-9-7-8-10-22)17-21-16-20-14-13-19(3)15-24(20)28-27(21)34/h13-16,18,22-23,25H,4-12,17H2,1-3H3,(H,28,34)/t25-/m0/s1. The Morgan fingerprint density at radius 3 is 2.53 bits per heavy atom. The molecule has 2 heterocycles. The van der Waals surface area contributed by atoms with E-state index in [-0.39, 0.29) is 11.6 Å². The van der Waals surface area contributed by atoms with E-state index in [0.29, 0.717) is 24.5 Å². The number of aromatic nitrogens is 5. The van der Waals surface area contributed by atoms with Gasteiger partial charge < -0.3 is 4.98 Å². The first kappa shape index (κ1) is 23.2. The third-order valence-corrected chi connectivity index (χ3v) is 7.92. The molecular formula is C27H38N6O. The molecule has 0 amide bonds. The number of pyridine rings is 1. The van der Waals surface area contributed by atoms with Crippen LogP contribution in [0.5, 0.6) is 0 Å². The Labute approximate surface area is 201 Å². The highest BCUT2D eigenvalue weighted by atomic mass is 16.1. The van der Waals surface area contributed by atoms with Gasteiger partial charge in [0.2, 0.25) is 0 Å². The van der Waals surface area contributed by atoms with Crippen molar-refractivity contribution >= 4 is 10.9 Å². The summed E-state index contributed by atoms with van der Waals surface area (Å²) in [5, 5.41) is 14.3. The highest BCUT2D eigenvalue weighted by Crippen LogP contribution is 2.38. The molecule has 0 bridgehead atoms. The molecule has 2 saturated carbocycles. The maximum absolute atomic E-state index is 13.2. The van der Waals surface area contributed by atoms with Crippen molar-refractivity contribution in [2.75, 3.05) is 0 Å². The molecular weight excluding hydrogens is 424 g/mol. The van der Waals surface area contributed by atoms with Gasteiger partial charge in [-0.1, -0.05) is 58.1 Å². The summed E-state index contributed by atoms with van der Waals surface area (Å²) in [5.74, 6) is 1.30. The number of rotatable bonds is 7. The number of H-pyrrole nitrogens is 1. The number of fused-ring (bicyclic) bond motifs is 1. The van der Waals surface area contributed by atoms with Crippen molar-refractivity contribution in [2.45, 2.75) is 103 Å². The highest BCUT2D eigenvalue weighted by molar-refractivity contribution is 5.79. The van der Waals surface area contributed by atoms with Crippen molar-refractivity contribution in [3.05, 3.63) is 51.6 Å². The first-order chi connectivity index (χ1) is 16.5. The zero-order valence-electron chi connectivity index (χ0n) is 20.8. The fourth-order valence-corrected chi connectivity index (χ4v) is 6.18. The number of tetrazole rings is 1. The van der Waals surface area contributed by atoms with Crippen LogP contribution in [-0.4, -0.2) is 36.1 Å². The minimum absolute atomic E-state index is 0.00970. The predicted molar refractivity (Wildman–Crippen MR) is 135 cm³/mol. The quantitative estimate of drug-likeness (QED) is 0.504. The lowest BCUT2D eigenvalue weighted by molar-refractivity contribution is 0.0815. The molecule has 1 N–H and O–H groups in total. The second kappa shape index (κ2) is 9.98. The first-order valence-electron chi connectivity index (χ1n) is 13.2. The Hall–Kier alpha value is -2.54. The Balaban J connectivity index is 1.53. The van der Waals surface area contributed by atoms with E-state index in [1.165, 1.54) is 44.9 Å². The molecule has 34 heavy (non-hydrogen) atoms. The summed E-state index contributed by atoms with van der Waals surface area (Å²) in [6.07, 6.45) is 10.9. The van der Waals surface area contributed by atoms with E-state index >= 15 is 0 Å². The molecule has 182 valence electrons. The monoisotopic (exact) mass is 462 g/mol. The summed E-state index contributed by atoms with van der Waals surface area (Å²) in [6.45, 7) is 7.20. The Morgan fingerprint density at radius 2 is 1.79 bits per heavy atom. The average molecular weight is 463 g/mol. The van der Waals surface area contributed by atoms with Crippen molar-refractivity contribution in [1.82, 2.24) is 30.1 Å². The molecule has 0 aliphatic heterocycles. The normalized spacial score (nSPS) is 19.0. The molecule has 2 aromatic heterocycles. The van der Waals surface area contributed by atoms with Crippen molar-refractivity contribution in [2.24, 2.45) is 5.92 Å². The van der Waals surface area contributed by atoms with Gasteiger partial charge in [-0.25, -0.2) is 4.68 Å². The SMILES string of the molecule is Cc1ccc2cc(CN(C3CCCC3)[C@H](c3nnnn3C3CCCCC3)C(C)C)c(=O)[nH]c2c1. The van der Waals surface area contributed by atoms with Crippen LogP contribution < -0.4 is 5.56 Å². The first-order valence-corrected chi connectivity index (χ1v) is 13.2. The lowest BCUT2D eigenvalue weighted by Gasteiger charge is -2.38. The number of nitrogens with zero attached hydrogens (tertiary/aromatic N) is 5. The van der Waals surface area contributed by atoms with Crippen molar-refractivity contribution in [1.29, 1.82) is 0 Å². The average Bonchev–Trinajstić information content (AvgIpc) is 3.52. The fraction of sp³-hybridized carbons (Fsp3) is 0.630. The molecule has 0 spiro atoms. The Bertz CT molecular complexity index is 1170. The third-order valence-electron chi connectivity index (χ3n) is 7.92. The summed E-state index contributed by atoms with van der Waals surface area (Å²) in [7, 11) is 0. The van der Waals surface area contributed by atoms with Crippen LogP contribution in [0.4, 0.5) is 0 Å². The number of aromatic amines is 1. The van der Waals surface area contributed by atoms with Crippen LogP contribution in [-0.2, 0) is 6.54 Å². The number of hydrogen-bond donors (Lipinski definition) is 1. The van der Waals surface area contributed by atoms with E-state index < -0.39 is 0 Å². The van der Waals surface area contributed by atoms with Crippen LogP contribution in [0.3, 0.4) is 0 Å². The highest BCUT2D eigenvalue weighted by Gasteiger charge is 2.36. The van der Waals surface area contributed by atoms with E-state index in [2.05, 4.69) is 69.1 Å². The summed E-state index contributed by atoms with van der Waals surface area (Å²) >= 11 is 0. The maximum Gasteiger partial charge on any atom is 0.252 e. The van der Waals surface area contributed by atoms with Gasteiger partial charge in [0.05, 0.1) is 12.1 Å². The van der Waals surface area contributed by atoms with Gasteiger partial charge in [-0.3, -0.25) is 9.69 Å². The molecule has 2 aliphatic rings. The predicted octanol–water partition coefficient (Wildman–Crippen LogP) is 5.47. The summed E-state index contributed by atoms with van der Waals surface area (Å²) in [5.41, 5.74) is 2.89. The van der Waals surface area contributed by atoms with Crippen LogP contribution in [0.25, 0.3) is 10.9 Å². The van der Waals surface area contributed by atoms with Crippen LogP contribution >= 0.6 is 0 Å². The zero-order valence-corrected chi connectivity index (χ0v) is 20.8. The molecule has 2 aliphatic carbocycles. The van der Waals surface area contributed by atoms with Gasteiger partial charge in [0.25, 0.3) is 5.56 Å². The Kier molecular flexibility index (Phi) is 6.82. The molecule has 0 saturated heterocycles. The molecule has 5 rings (SSSR count). The van der Waals surface area contributed by atoms with Crippen LogP contribution in [0.15, 0.2) is 29.1 Å². The van der Waals surface area contributed by atoms with Gasteiger partial charge in [-0.2, -0.15) is 0 Å². The second-order valence-corrected chi connectivity index (χ2v) is 10.8. The molecule has 0 unspecified atom stereocenters. The van der Waals surface area contributed by atoms with Crippen LogP contribution in [0, 0.1) is 12.8 Å². The van der Waals surface area contributed by atoms with Gasteiger partial charge >= 0.3 is 0 Å². The number of nitrogens with one attached hydrogen (secondary N) is 1. The van der Waals surface area contributed by atoms with Crippen molar-refractivity contribution in [3.63, 3.8) is 0 Å². The number of aryl methyl sites for hydroxylation is 1. The number of benzene rings is 1. The fourth-order valence-electron chi connectivity index (χ4n) is 6.18. The van der Waals surface area contributed by atoms with Crippen LogP contribution in [0.2, 0.25) is 0 Å². The molecule has 7 heteroatoms. The van der Waals surface area contributed by atoms with E-state index in [1.54, 1.807) is 0 Å². The summed E-state index contributed by atoms with van der Waals surface area (Å²) in [4.78, 5) is 18.8.